The molecular formula is C21H29N3O7S. The fraction of sp³-hybridized carbons (Fsp3) is 0.571. The molecular weight excluding hydrogens is 438 g/mol. The molecule has 2 bridgehead atoms. The van der Waals surface area contributed by atoms with Gasteiger partial charge in [-0.25, -0.2) is 18.0 Å². The lowest BCUT2D eigenvalue weighted by atomic mass is 9.93. The highest BCUT2D eigenvalue weighted by atomic mass is 32.2. The van der Waals surface area contributed by atoms with Crippen molar-refractivity contribution in [2.45, 2.75) is 43.5 Å². The fourth-order valence-electron chi connectivity index (χ4n) is 5.00. The van der Waals surface area contributed by atoms with Crippen molar-refractivity contribution >= 4 is 33.6 Å². The van der Waals surface area contributed by atoms with Gasteiger partial charge in [0, 0.05) is 44.8 Å². The van der Waals surface area contributed by atoms with E-state index in [1.807, 2.05) is 0 Å². The van der Waals surface area contributed by atoms with Crippen LogP contribution < -0.4 is 5.32 Å². The van der Waals surface area contributed by atoms with Crippen molar-refractivity contribution in [3.63, 3.8) is 0 Å². The molecule has 3 N–H and O–H groups in total. The molecule has 0 spiro atoms. The zero-order chi connectivity index (χ0) is 23.5. The normalized spacial score (nSPS) is 25.6. The Bertz CT molecular complexity index is 944. The summed E-state index contributed by atoms with van der Waals surface area (Å²) < 4.78 is 27.4. The van der Waals surface area contributed by atoms with E-state index < -0.39 is 22.0 Å². The van der Waals surface area contributed by atoms with Crippen molar-refractivity contribution in [2.75, 3.05) is 31.5 Å². The highest BCUT2D eigenvalue weighted by Crippen LogP contribution is 2.46. The van der Waals surface area contributed by atoms with Gasteiger partial charge in [0.15, 0.2) is 0 Å². The maximum absolute atomic E-state index is 12.9. The van der Waals surface area contributed by atoms with Crippen LogP contribution in [0.2, 0.25) is 0 Å². The number of benzene rings is 1. The summed E-state index contributed by atoms with van der Waals surface area (Å²) in [5.41, 5.74) is 0.609. The number of carboxylic acids is 2. The largest absolute Gasteiger partial charge is 0.473 e. The van der Waals surface area contributed by atoms with Crippen LogP contribution in [0.1, 0.15) is 32.6 Å². The number of hydrogen-bond donors (Lipinski definition) is 3. The predicted octanol–water partition coefficient (Wildman–Crippen LogP) is 1.30. The second-order valence-corrected chi connectivity index (χ2v) is 10.4. The Hall–Kier alpha value is -2.50. The minimum atomic E-state index is -3.47. The Morgan fingerprint density at radius 2 is 1.53 bits per heavy atom. The molecule has 2 aliphatic carbocycles. The van der Waals surface area contributed by atoms with Gasteiger partial charge in [0.2, 0.25) is 15.9 Å². The monoisotopic (exact) mass is 467 g/mol. The van der Waals surface area contributed by atoms with E-state index in [-0.39, 0.29) is 5.91 Å². The number of hydrogen-bond acceptors (Lipinski definition) is 6. The van der Waals surface area contributed by atoms with Gasteiger partial charge in [-0.1, -0.05) is 6.42 Å². The highest BCUT2D eigenvalue weighted by Gasteiger charge is 2.43. The molecule has 1 aliphatic heterocycles. The van der Waals surface area contributed by atoms with E-state index in [1.54, 1.807) is 28.6 Å². The number of fused-ring (bicyclic) bond motifs is 2. The van der Waals surface area contributed by atoms with Crippen molar-refractivity contribution in [1.29, 1.82) is 0 Å². The average molecular weight is 468 g/mol. The third-order valence-electron chi connectivity index (χ3n) is 6.44. The molecule has 4 rings (SSSR count). The van der Waals surface area contributed by atoms with Crippen LogP contribution in [-0.4, -0.2) is 77.9 Å². The molecule has 1 saturated heterocycles. The van der Waals surface area contributed by atoms with Crippen molar-refractivity contribution in [3.8, 4) is 0 Å². The summed E-state index contributed by atoms with van der Waals surface area (Å²) in [6.45, 7) is 4.21. The Labute approximate surface area is 187 Å². The zero-order valence-electron chi connectivity index (χ0n) is 17.9. The predicted molar refractivity (Wildman–Crippen MR) is 116 cm³/mol. The first-order valence-electron chi connectivity index (χ1n) is 10.7. The number of anilines is 1. The molecule has 3 fully saturated rings. The van der Waals surface area contributed by atoms with Gasteiger partial charge in [0.1, 0.15) is 0 Å². The van der Waals surface area contributed by atoms with E-state index in [1.165, 1.54) is 32.6 Å². The molecule has 3 aliphatic rings. The van der Waals surface area contributed by atoms with Gasteiger partial charge in [-0.05, 0) is 55.4 Å². The summed E-state index contributed by atoms with van der Waals surface area (Å²) in [4.78, 5) is 32.1. The zero-order valence-corrected chi connectivity index (χ0v) is 18.8. The average Bonchev–Trinajstić information content (AvgIpc) is 3.38. The second-order valence-electron chi connectivity index (χ2n) is 8.50. The third kappa shape index (κ3) is 5.64. The summed E-state index contributed by atoms with van der Waals surface area (Å²) in [5, 5.41) is 17.4. The Morgan fingerprint density at radius 3 is 1.97 bits per heavy atom. The molecule has 32 heavy (non-hydrogen) atoms. The summed E-state index contributed by atoms with van der Waals surface area (Å²) >= 11 is 0. The SMILES string of the molecule is CC(=O)Nc1ccc(S(=O)(=O)N2CCN(C3CC4CCC3C4)CC2)cc1.O=C(O)C(=O)O. The van der Waals surface area contributed by atoms with Gasteiger partial charge in [-0.3, -0.25) is 9.69 Å². The lowest BCUT2D eigenvalue weighted by molar-refractivity contribution is -0.159. The summed E-state index contributed by atoms with van der Waals surface area (Å²) in [7, 11) is -3.47. The van der Waals surface area contributed by atoms with Gasteiger partial charge in [0.05, 0.1) is 4.90 Å². The van der Waals surface area contributed by atoms with Gasteiger partial charge in [0.25, 0.3) is 0 Å². The number of carbonyl (C=O) groups excluding carboxylic acids is 1. The number of aliphatic carboxylic acids is 2. The van der Waals surface area contributed by atoms with Crippen molar-refractivity contribution in [1.82, 2.24) is 9.21 Å². The smallest absolute Gasteiger partial charge is 0.414 e. The first-order valence-corrected chi connectivity index (χ1v) is 12.1. The maximum Gasteiger partial charge on any atom is 0.414 e. The number of rotatable bonds is 4. The van der Waals surface area contributed by atoms with E-state index in [4.69, 9.17) is 19.8 Å². The van der Waals surface area contributed by atoms with E-state index in [0.717, 1.165) is 24.9 Å². The van der Waals surface area contributed by atoms with E-state index in [2.05, 4.69) is 10.2 Å². The third-order valence-corrected chi connectivity index (χ3v) is 8.35. The molecule has 0 aromatic heterocycles. The van der Waals surface area contributed by atoms with Crippen molar-refractivity contribution in [2.24, 2.45) is 11.8 Å². The van der Waals surface area contributed by atoms with Crippen LogP contribution in [0, 0.1) is 11.8 Å². The maximum atomic E-state index is 12.9. The standard InChI is InChI=1S/C19H27N3O3S.C2H2O4/c1-14(23)20-17-4-6-18(7-5-17)26(24,25)22-10-8-21(9-11-22)19-13-15-2-3-16(19)12-15;3-1(4)2(5)6/h4-7,15-16,19H,2-3,8-13H2,1H3,(H,20,23);(H,3,4)(H,5,6). The number of sulfonamides is 1. The minimum Gasteiger partial charge on any atom is -0.473 e. The Kier molecular flexibility index (Phi) is 7.52. The fourth-order valence-corrected chi connectivity index (χ4v) is 6.42. The van der Waals surface area contributed by atoms with Gasteiger partial charge in [-0.2, -0.15) is 4.31 Å². The van der Waals surface area contributed by atoms with Crippen molar-refractivity contribution in [3.05, 3.63) is 24.3 Å². The molecule has 10 nitrogen and oxygen atoms in total. The number of carboxylic acid groups (broad SMARTS) is 2. The van der Waals surface area contributed by atoms with Crippen molar-refractivity contribution < 1.29 is 33.0 Å². The molecule has 1 aromatic carbocycles. The Balaban J connectivity index is 0.000000427. The Morgan fingerprint density at radius 1 is 0.938 bits per heavy atom. The van der Waals surface area contributed by atoms with Gasteiger partial charge in [-0.15, -0.1) is 0 Å². The summed E-state index contributed by atoms with van der Waals surface area (Å²) in [6.07, 6.45) is 5.43. The van der Waals surface area contributed by atoms with Crippen LogP contribution in [0.15, 0.2) is 29.2 Å². The molecule has 1 amide bonds. The molecule has 11 heteroatoms. The first-order chi connectivity index (χ1) is 15.1. The lowest BCUT2D eigenvalue weighted by Crippen LogP contribution is -2.53. The second kappa shape index (κ2) is 9.97. The molecule has 1 aromatic rings. The number of nitrogens with zero attached hydrogens (tertiary/aromatic N) is 2. The topological polar surface area (TPSA) is 144 Å². The number of carbonyl (C=O) groups is 3. The molecule has 0 radical (unpaired) electrons. The number of nitrogens with one attached hydrogen (secondary N) is 1. The van der Waals surface area contributed by atoms with Crippen LogP contribution in [0.5, 0.6) is 0 Å². The van der Waals surface area contributed by atoms with E-state index in [9.17, 15) is 13.2 Å². The van der Waals surface area contributed by atoms with Crippen LogP contribution in [0.4, 0.5) is 5.69 Å². The minimum absolute atomic E-state index is 0.169. The quantitative estimate of drug-likeness (QED) is 0.562. The van der Waals surface area contributed by atoms with Crippen LogP contribution in [0.3, 0.4) is 0 Å². The van der Waals surface area contributed by atoms with Gasteiger partial charge >= 0.3 is 11.9 Å². The first kappa shape index (κ1) is 24.1. The van der Waals surface area contributed by atoms with Crippen LogP contribution >= 0.6 is 0 Å². The lowest BCUT2D eigenvalue weighted by Gasteiger charge is -2.40. The van der Waals surface area contributed by atoms with E-state index >= 15 is 0 Å². The van der Waals surface area contributed by atoms with Crippen LogP contribution in [-0.2, 0) is 24.4 Å². The molecule has 1 heterocycles. The van der Waals surface area contributed by atoms with E-state index in [0.29, 0.717) is 29.7 Å². The van der Waals surface area contributed by atoms with Crippen LogP contribution in [0.25, 0.3) is 0 Å². The van der Waals surface area contributed by atoms with Gasteiger partial charge < -0.3 is 15.5 Å². The molecule has 3 unspecified atom stereocenters. The highest BCUT2D eigenvalue weighted by molar-refractivity contribution is 7.89. The summed E-state index contributed by atoms with van der Waals surface area (Å²) in [5.74, 6) is -2.07. The molecule has 176 valence electrons. The molecule has 3 atom stereocenters. The number of piperazine rings is 1. The number of amides is 1. The molecule has 2 saturated carbocycles. The summed E-state index contributed by atoms with van der Waals surface area (Å²) in [6, 6.07) is 7.10.